The lowest BCUT2D eigenvalue weighted by Gasteiger charge is -2.29. The standard InChI is InChI=1S/C23H30N2O4S/c1-4-21(18-8-6-5-7-9-18)24-23(26)20-16-19(10-11-22(20)29-3)30(27,28)25-14-12-17(2)13-15-25/h5-11,16-17,21H,4,12-15H2,1-3H3,(H,24,26)/t21-/m1/s1. The first kappa shape index (κ1) is 22.3. The number of methoxy groups -OCH3 is 1. The number of nitrogens with zero attached hydrogens (tertiary/aromatic N) is 1. The Morgan fingerprint density at radius 2 is 1.83 bits per heavy atom. The number of carbonyl (C=O) groups is 1. The molecule has 0 saturated carbocycles. The van der Waals surface area contributed by atoms with Crippen molar-refractivity contribution >= 4 is 15.9 Å². The molecule has 1 saturated heterocycles. The molecule has 1 heterocycles. The molecule has 1 amide bonds. The molecule has 0 bridgehead atoms. The number of ether oxygens (including phenoxy) is 1. The third-order valence-corrected chi connectivity index (χ3v) is 7.61. The Kier molecular flexibility index (Phi) is 7.15. The molecule has 162 valence electrons. The van der Waals surface area contributed by atoms with Gasteiger partial charge in [0, 0.05) is 13.1 Å². The van der Waals surface area contributed by atoms with Crippen LogP contribution < -0.4 is 10.1 Å². The van der Waals surface area contributed by atoms with E-state index in [1.807, 2.05) is 37.3 Å². The van der Waals surface area contributed by atoms with E-state index in [0.717, 1.165) is 18.4 Å². The van der Waals surface area contributed by atoms with Gasteiger partial charge in [-0.3, -0.25) is 4.79 Å². The van der Waals surface area contributed by atoms with E-state index in [2.05, 4.69) is 12.2 Å². The Balaban J connectivity index is 1.88. The summed E-state index contributed by atoms with van der Waals surface area (Å²) in [5, 5.41) is 3.01. The van der Waals surface area contributed by atoms with E-state index in [1.165, 1.54) is 23.5 Å². The number of nitrogens with one attached hydrogen (secondary N) is 1. The topological polar surface area (TPSA) is 75.7 Å². The van der Waals surface area contributed by atoms with Crippen LogP contribution in [0.4, 0.5) is 0 Å². The lowest BCUT2D eigenvalue weighted by molar-refractivity contribution is 0.0932. The molecule has 0 aromatic heterocycles. The van der Waals surface area contributed by atoms with Gasteiger partial charge in [0.05, 0.1) is 23.6 Å². The monoisotopic (exact) mass is 430 g/mol. The van der Waals surface area contributed by atoms with E-state index in [-0.39, 0.29) is 22.4 Å². The number of amides is 1. The van der Waals surface area contributed by atoms with E-state index in [0.29, 0.717) is 31.2 Å². The number of piperidine rings is 1. The van der Waals surface area contributed by atoms with Crippen molar-refractivity contribution in [3.8, 4) is 5.75 Å². The Morgan fingerprint density at radius 1 is 1.17 bits per heavy atom. The van der Waals surface area contributed by atoms with Gasteiger partial charge in [-0.1, -0.05) is 44.2 Å². The lowest BCUT2D eigenvalue weighted by atomic mass is 10.0. The molecule has 30 heavy (non-hydrogen) atoms. The third-order valence-electron chi connectivity index (χ3n) is 5.71. The minimum atomic E-state index is -3.65. The van der Waals surface area contributed by atoms with Crippen LogP contribution in [0.15, 0.2) is 53.4 Å². The second-order valence-corrected chi connectivity index (χ2v) is 9.73. The molecule has 0 spiro atoms. The van der Waals surface area contributed by atoms with Gasteiger partial charge in [0.15, 0.2) is 0 Å². The van der Waals surface area contributed by atoms with Crippen molar-refractivity contribution in [3.05, 3.63) is 59.7 Å². The highest BCUT2D eigenvalue weighted by Gasteiger charge is 2.29. The van der Waals surface area contributed by atoms with Gasteiger partial charge in [-0.2, -0.15) is 4.31 Å². The third kappa shape index (κ3) is 4.84. The van der Waals surface area contributed by atoms with Crippen LogP contribution in [0.5, 0.6) is 5.75 Å². The van der Waals surface area contributed by atoms with Crippen molar-refractivity contribution in [3.63, 3.8) is 0 Å². The summed E-state index contributed by atoms with van der Waals surface area (Å²) in [5.74, 6) is 0.520. The number of carbonyl (C=O) groups excluding carboxylic acids is 1. The highest BCUT2D eigenvalue weighted by molar-refractivity contribution is 7.89. The van der Waals surface area contributed by atoms with Gasteiger partial charge in [0.1, 0.15) is 5.75 Å². The van der Waals surface area contributed by atoms with Crippen molar-refractivity contribution in [2.24, 2.45) is 5.92 Å². The summed E-state index contributed by atoms with van der Waals surface area (Å²) in [6.45, 7) is 5.13. The molecule has 1 atom stereocenters. The van der Waals surface area contributed by atoms with Gasteiger partial charge in [-0.15, -0.1) is 0 Å². The van der Waals surface area contributed by atoms with E-state index < -0.39 is 10.0 Å². The maximum absolute atomic E-state index is 13.1. The Bertz CT molecular complexity index is 968. The van der Waals surface area contributed by atoms with E-state index in [1.54, 1.807) is 6.07 Å². The van der Waals surface area contributed by atoms with Crippen LogP contribution in [0.1, 0.15) is 55.1 Å². The van der Waals surface area contributed by atoms with Crippen molar-refractivity contribution < 1.29 is 17.9 Å². The molecule has 0 radical (unpaired) electrons. The van der Waals surface area contributed by atoms with Gasteiger partial charge in [-0.25, -0.2) is 8.42 Å². The fourth-order valence-electron chi connectivity index (χ4n) is 3.74. The minimum absolute atomic E-state index is 0.121. The number of benzene rings is 2. The molecule has 6 nitrogen and oxygen atoms in total. The molecule has 0 unspecified atom stereocenters. The Hall–Kier alpha value is -2.38. The molecule has 1 aliphatic heterocycles. The molecular weight excluding hydrogens is 400 g/mol. The maximum Gasteiger partial charge on any atom is 0.255 e. The Morgan fingerprint density at radius 3 is 2.43 bits per heavy atom. The highest BCUT2D eigenvalue weighted by atomic mass is 32.2. The second-order valence-electron chi connectivity index (χ2n) is 7.79. The summed E-state index contributed by atoms with van der Waals surface area (Å²) in [7, 11) is -2.18. The predicted octanol–water partition coefficient (Wildman–Crippen LogP) is 4.00. The van der Waals surface area contributed by atoms with E-state index in [9.17, 15) is 13.2 Å². The quantitative estimate of drug-likeness (QED) is 0.720. The summed E-state index contributed by atoms with van der Waals surface area (Å²) in [6, 6.07) is 14.0. The minimum Gasteiger partial charge on any atom is -0.496 e. The van der Waals surface area contributed by atoms with Gasteiger partial charge in [0.25, 0.3) is 5.91 Å². The zero-order chi connectivity index (χ0) is 21.7. The van der Waals surface area contributed by atoms with Gasteiger partial charge < -0.3 is 10.1 Å². The van der Waals surface area contributed by atoms with Crippen molar-refractivity contribution in [1.29, 1.82) is 0 Å². The van der Waals surface area contributed by atoms with Crippen LogP contribution in [-0.4, -0.2) is 38.8 Å². The second kappa shape index (κ2) is 9.62. The molecule has 1 aliphatic rings. The number of rotatable bonds is 7. The molecule has 2 aromatic rings. The first-order valence-corrected chi connectivity index (χ1v) is 11.8. The van der Waals surface area contributed by atoms with E-state index in [4.69, 9.17) is 4.74 Å². The number of hydrogen-bond acceptors (Lipinski definition) is 4. The molecule has 7 heteroatoms. The molecule has 1 N–H and O–H groups in total. The SMILES string of the molecule is CC[C@@H](NC(=O)c1cc(S(=O)(=O)N2CCC(C)CC2)ccc1OC)c1ccccc1. The van der Waals surface area contributed by atoms with Crippen LogP contribution in [0, 0.1) is 5.92 Å². The highest BCUT2D eigenvalue weighted by Crippen LogP contribution is 2.28. The average molecular weight is 431 g/mol. The van der Waals surface area contributed by atoms with Crippen LogP contribution in [0.25, 0.3) is 0 Å². The Labute approximate surface area is 179 Å². The largest absolute Gasteiger partial charge is 0.496 e. The first-order chi connectivity index (χ1) is 14.4. The zero-order valence-corrected chi connectivity index (χ0v) is 18.6. The van der Waals surface area contributed by atoms with Crippen LogP contribution >= 0.6 is 0 Å². The van der Waals surface area contributed by atoms with Gasteiger partial charge in [-0.05, 0) is 48.9 Å². The summed E-state index contributed by atoms with van der Waals surface area (Å²) in [5.41, 5.74) is 1.22. The van der Waals surface area contributed by atoms with Crippen LogP contribution in [0.2, 0.25) is 0 Å². The molecule has 1 fully saturated rings. The summed E-state index contributed by atoms with van der Waals surface area (Å²) >= 11 is 0. The van der Waals surface area contributed by atoms with Crippen molar-refractivity contribution in [1.82, 2.24) is 9.62 Å². The fraction of sp³-hybridized carbons (Fsp3) is 0.435. The molecular formula is C23H30N2O4S. The normalized spacial score (nSPS) is 16.8. The number of hydrogen-bond donors (Lipinski definition) is 1. The molecule has 2 aromatic carbocycles. The summed E-state index contributed by atoms with van der Waals surface area (Å²) in [6.07, 6.45) is 2.40. The van der Waals surface area contributed by atoms with E-state index >= 15 is 0 Å². The molecule has 3 rings (SSSR count). The van der Waals surface area contributed by atoms with Gasteiger partial charge >= 0.3 is 0 Å². The van der Waals surface area contributed by atoms with Crippen molar-refractivity contribution in [2.45, 2.75) is 44.0 Å². The molecule has 0 aliphatic carbocycles. The lowest BCUT2D eigenvalue weighted by Crippen LogP contribution is -2.38. The van der Waals surface area contributed by atoms with Crippen LogP contribution in [-0.2, 0) is 10.0 Å². The summed E-state index contributed by atoms with van der Waals surface area (Å²) in [4.78, 5) is 13.2. The predicted molar refractivity (Wildman–Crippen MR) is 117 cm³/mol. The number of sulfonamides is 1. The smallest absolute Gasteiger partial charge is 0.255 e. The summed E-state index contributed by atoms with van der Waals surface area (Å²) < 4.78 is 33.1. The van der Waals surface area contributed by atoms with Crippen molar-refractivity contribution in [2.75, 3.05) is 20.2 Å². The average Bonchev–Trinajstić information content (AvgIpc) is 2.77. The van der Waals surface area contributed by atoms with Crippen LogP contribution in [0.3, 0.4) is 0 Å². The first-order valence-electron chi connectivity index (χ1n) is 10.4. The fourth-order valence-corrected chi connectivity index (χ4v) is 5.24. The van der Waals surface area contributed by atoms with Gasteiger partial charge in [0.2, 0.25) is 10.0 Å². The maximum atomic E-state index is 13.1. The zero-order valence-electron chi connectivity index (χ0n) is 17.8.